The molecule has 0 aliphatic heterocycles. The summed E-state index contributed by atoms with van der Waals surface area (Å²) < 4.78 is 0. The number of hydrogen-bond donors (Lipinski definition) is 0. The number of anilines is 3. The highest BCUT2D eigenvalue weighted by Crippen LogP contribution is 2.77. The number of fused-ring (bicyclic) bond motifs is 18. The second-order valence-corrected chi connectivity index (χ2v) is 27.2. The molecule has 8 atom stereocenters. The lowest BCUT2D eigenvalue weighted by Gasteiger charge is -2.48. The molecule has 11 aliphatic carbocycles. The molecule has 1 nitrogen and oxygen atoms in total. The third-order valence-corrected chi connectivity index (χ3v) is 23.6. The van der Waals surface area contributed by atoms with Gasteiger partial charge in [-0.3, -0.25) is 0 Å². The van der Waals surface area contributed by atoms with Gasteiger partial charge in [0.25, 0.3) is 0 Å². The van der Waals surface area contributed by atoms with E-state index in [2.05, 4.69) is 207 Å². The van der Waals surface area contributed by atoms with Gasteiger partial charge in [0.05, 0.1) is 16.8 Å². The zero-order valence-corrected chi connectivity index (χ0v) is 45.0. The molecule has 11 aliphatic rings. The molecule has 0 N–H and O–H groups in total. The highest BCUT2D eigenvalue weighted by Gasteiger charge is 2.66. The standard InChI is InChI=1S/C77H65N/c1-75(2)68-35-48(46-14-5-3-6-15-46)24-26-57(68)58-27-25-55(37-69(58)75)78(72-22-12-10-18-56(72)47-16-7-4-8-17-47)73-23-13-21-67-74(73)59-19-9-11-20-66(59)77(67)70-40-62-50-31-44-28-45(32-50)30-49(29-44)60(62)38-64(70)65-39-61-51-33-53-36-54-34-52(43-76(53,54)42-51)63(61)41-71(65)77/h3-27,35,37-41,44-45,49-54H,28-34,36,42-43H2,1-2H3. The zero-order chi connectivity index (χ0) is 51.0. The maximum atomic E-state index is 2.89. The zero-order valence-electron chi connectivity index (χ0n) is 45.0. The van der Waals surface area contributed by atoms with Gasteiger partial charge in [0.2, 0.25) is 0 Å². The molecule has 7 bridgehead atoms. The van der Waals surface area contributed by atoms with Crippen molar-refractivity contribution in [2.75, 3.05) is 4.90 Å². The van der Waals surface area contributed by atoms with E-state index in [0.717, 1.165) is 23.7 Å². The van der Waals surface area contributed by atoms with Crippen molar-refractivity contribution in [3.8, 4) is 55.6 Å². The van der Waals surface area contributed by atoms with Gasteiger partial charge in [-0.05, 0) is 247 Å². The van der Waals surface area contributed by atoms with E-state index in [-0.39, 0.29) is 5.41 Å². The molecular formula is C77H65N. The van der Waals surface area contributed by atoms with Crippen molar-refractivity contribution in [3.05, 3.63) is 244 Å². The van der Waals surface area contributed by atoms with Crippen LogP contribution in [0.4, 0.5) is 17.1 Å². The minimum Gasteiger partial charge on any atom is -0.309 e. The topological polar surface area (TPSA) is 3.24 Å². The second kappa shape index (κ2) is 15.1. The molecule has 1 heteroatoms. The van der Waals surface area contributed by atoms with E-state index in [1.54, 1.807) is 44.5 Å². The van der Waals surface area contributed by atoms with Crippen molar-refractivity contribution in [2.45, 2.75) is 113 Å². The van der Waals surface area contributed by atoms with Crippen LogP contribution in [0.5, 0.6) is 0 Å². The number of rotatable bonds is 5. The van der Waals surface area contributed by atoms with Crippen LogP contribution in [0.15, 0.2) is 188 Å². The average Bonchev–Trinajstić information content (AvgIpc) is 4.28. The Labute approximate surface area is 460 Å². The van der Waals surface area contributed by atoms with Gasteiger partial charge >= 0.3 is 0 Å². The molecule has 0 heterocycles. The van der Waals surface area contributed by atoms with Gasteiger partial charge in [0.1, 0.15) is 0 Å². The minimum absolute atomic E-state index is 0.212. The Morgan fingerprint density at radius 2 is 0.897 bits per heavy atom. The van der Waals surface area contributed by atoms with Crippen LogP contribution < -0.4 is 4.90 Å². The number of hydrogen-bond acceptors (Lipinski definition) is 1. The fourth-order valence-electron chi connectivity index (χ4n) is 20.6. The Hall–Kier alpha value is -7.22. The molecular weight excluding hydrogens is 939 g/mol. The first-order valence-electron chi connectivity index (χ1n) is 30.2. The van der Waals surface area contributed by atoms with E-state index in [9.17, 15) is 0 Å². The van der Waals surface area contributed by atoms with Crippen molar-refractivity contribution in [1.82, 2.24) is 0 Å². The largest absolute Gasteiger partial charge is 0.309 e. The Kier molecular flexibility index (Phi) is 8.47. The normalized spacial score (nSPS) is 29.1. The molecule has 0 amide bonds. The van der Waals surface area contributed by atoms with Crippen LogP contribution >= 0.6 is 0 Å². The molecule has 8 unspecified atom stereocenters. The van der Waals surface area contributed by atoms with Crippen LogP contribution in [0.25, 0.3) is 55.6 Å². The van der Waals surface area contributed by atoms with Gasteiger partial charge in [-0.1, -0.05) is 172 Å². The first-order valence-corrected chi connectivity index (χ1v) is 30.2. The van der Waals surface area contributed by atoms with Gasteiger partial charge in [0.15, 0.2) is 0 Å². The predicted molar refractivity (Wildman–Crippen MR) is 319 cm³/mol. The molecule has 2 spiro atoms. The summed E-state index contributed by atoms with van der Waals surface area (Å²) in [7, 11) is 0. The summed E-state index contributed by atoms with van der Waals surface area (Å²) in [5.74, 6) is 6.43. The molecule has 78 heavy (non-hydrogen) atoms. The first-order chi connectivity index (χ1) is 38.3. The molecule has 9 aromatic carbocycles. The molecule has 20 rings (SSSR count). The third-order valence-electron chi connectivity index (χ3n) is 23.6. The molecule has 0 saturated heterocycles. The van der Waals surface area contributed by atoms with Gasteiger partial charge in [0, 0.05) is 22.2 Å². The quantitative estimate of drug-likeness (QED) is 0.166. The van der Waals surface area contributed by atoms with Gasteiger partial charge < -0.3 is 4.90 Å². The summed E-state index contributed by atoms with van der Waals surface area (Å²) in [6, 6.07) is 74.6. The highest BCUT2D eigenvalue weighted by atomic mass is 15.1. The Morgan fingerprint density at radius 3 is 1.60 bits per heavy atom. The van der Waals surface area contributed by atoms with Crippen molar-refractivity contribution in [1.29, 1.82) is 0 Å². The lowest BCUT2D eigenvalue weighted by atomic mass is 9.56. The maximum Gasteiger partial charge on any atom is 0.0726 e. The number of nitrogens with zero attached hydrogens (tertiary/aromatic N) is 1. The van der Waals surface area contributed by atoms with Crippen LogP contribution in [-0.2, 0) is 10.8 Å². The van der Waals surface area contributed by atoms with Crippen LogP contribution in [0.3, 0.4) is 0 Å². The summed E-state index contributed by atoms with van der Waals surface area (Å²) in [6.45, 7) is 4.90. The first kappa shape index (κ1) is 43.7. The molecule has 378 valence electrons. The third kappa shape index (κ3) is 5.45. The molecule has 9 aromatic rings. The van der Waals surface area contributed by atoms with Crippen molar-refractivity contribution in [2.24, 2.45) is 29.1 Å². The monoisotopic (exact) mass is 1000 g/mol. The minimum atomic E-state index is -0.438. The van der Waals surface area contributed by atoms with E-state index in [1.807, 2.05) is 0 Å². The van der Waals surface area contributed by atoms with Gasteiger partial charge in [-0.2, -0.15) is 0 Å². The van der Waals surface area contributed by atoms with Crippen LogP contribution in [0, 0.1) is 29.1 Å². The Morgan fingerprint density at radius 1 is 0.346 bits per heavy atom. The summed E-state index contributed by atoms with van der Waals surface area (Å²) in [4.78, 5) is 2.67. The van der Waals surface area contributed by atoms with Crippen molar-refractivity contribution in [3.63, 3.8) is 0 Å². The maximum absolute atomic E-state index is 2.89. The highest BCUT2D eigenvalue weighted by molar-refractivity contribution is 6.03. The summed E-state index contributed by atoms with van der Waals surface area (Å²) in [5.41, 5.74) is 33.0. The van der Waals surface area contributed by atoms with Crippen molar-refractivity contribution < 1.29 is 0 Å². The van der Waals surface area contributed by atoms with E-state index in [4.69, 9.17) is 0 Å². The Balaban J connectivity index is 0.868. The fraction of sp³-hybridized carbons (Fsp3) is 0.299. The van der Waals surface area contributed by atoms with Gasteiger partial charge in [-0.15, -0.1) is 0 Å². The van der Waals surface area contributed by atoms with E-state index in [0.29, 0.717) is 29.1 Å². The lowest BCUT2D eigenvalue weighted by molar-refractivity contribution is 0.00322. The van der Waals surface area contributed by atoms with Crippen LogP contribution in [0.2, 0.25) is 0 Å². The second-order valence-electron chi connectivity index (χ2n) is 27.2. The molecule has 5 fully saturated rings. The molecule has 0 radical (unpaired) electrons. The number of para-hydroxylation sites is 1. The van der Waals surface area contributed by atoms with E-state index >= 15 is 0 Å². The van der Waals surface area contributed by atoms with Gasteiger partial charge in [-0.25, -0.2) is 0 Å². The van der Waals surface area contributed by atoms with Crippen LogP contribution in [-0.4, -0.2) is 0 Å². The Bertz CT molecular complexity index is 4090. The van der Waals surface area contributed by atoms with E-state index < -0.39 is 5.41 Å². The number of benzene rings is 9. The molecule has 5 saturated carbocycles. The smallest absolute Gasteiger partial charge is 0.0726 e. The van der Waals surface area contributed by atoms with Crippen molar-refractivity contribution >= 4 is 17.1 Å². The predicted octanol–water partition coefficient (Wildman–Crippen LogP) is 19.9. The van der Waals surface area contributed by atoms with E-state index in [1.165, 1.54) is 148 Å². The lowest BCUT2D eigenvalue weighted by Crippen LogP contribution is -2.41. The fourth-order valence-corrected chi connectivity index (χ4v) is 20.6. The average molecular weight is 1000 g/mol. The summed E-state index contributed by atoms with van der Waals surface area (Å²) in [5, 5.41) is 0. The molecule has 0 aromatic heterocycles. The summed E-state index contributed by atoms with van der Waals surface area (Å²) in [6.07, 6.45) is 14.2. The van der Waals surface area contributed by atoms with Crippen LogP contribution in [0.1, 0.15) is 157 Å². The summed E-state index contributed by atoms with van der Waals surface area (Å²) >= 11 is 0. The SMILES string of the molecule is CC1(C)c2cc(-c3ccccc3)ccc2-c2ccc(N(c3ccccc3-c3ccccc3)c3cccc4c3-c3ccccc3C43c4cc5c(cc4-c4cc6c(cc43)C3CC4CC7CC6CC74C3)C3CC4CC(C3)CC5C4)cc21.